The van der Waals surface area contributed by atoms with E-state index in [9.17, 15) is 14.5 Å². The van der Waals surface area contributed by atoms with Gasteiger partial charge in [0, 0.05) is 0 Å². The van der Waals surface area contributed by atoms with Crippen molar-refractivity contribution in [1.82, 2.24) is 5.32 Å². The summed E-state index contributed by atoms with van der Waals surface area (Å²) in [6.45, 7) is 3.05. The van der Waals surface area contributed by atoms with Gasteiger partial charge in [0.15, 0.2) is 6.23 Å². The Hall–Kier alpha value is 0.450. The number of hydrogen-bond acceptors (Lipinski definition) is 5. The molecule has 102 valence electrons. The number of aliphatic hydroxyl groups is 1. The SMILES string of the molecule is CCOP(=O)(OCC)C(=O)N[C@H](O)C(Cl)(Cl)Cl. The predicted molar refractivity (Wildman–Crippen MR) is 65.7 cm³/mol. The standard InChI is InChI=1S/C7H13Cl3NO5P/c1-3-15-17(14,16-4-2)6(13)11-5(12)7(8,9)10/h5,12H,3-4H2,1-2H3,(H,11,13)/t5-/m1/s1. The molecule has 0 heterocycles. The molecule has 6 nitrogen and oxygen atoms in total. The average Bonchev–Trinajstić information content (AvgIpc) is 2.16. The van der Waals surface area contributed by atoms with Gasteiger partial charge in [-0.25, -0.2) is 4.57 Å². The molecule has 0 spiro atoms. The van der Waals surface area contributed by atoms with E-state index in [1.807, 2.05) is 5.32 Å². The number of halogens is 3. The van der Waals surface area contributed by atoms with Crippen LogP contribution in [0.1, 0.15) is 13.8 Å². The van der Waals surface area contributed by atoms with Gasteiger partial charge in [-0.15, -0.1) is 0 Å². The summed E-state index contributed by atoms with van der Waals surface area (Å²) in [7, 11) is -4.02. The highest BCUT2D eigenvalue weighted by Gasteiger charge is 2.40. The minimum Gasteiger partial charge on any atom is -0.369 e. The van der Waals surface area contributed by atoms with Crippen molar-refractivity contribution in [2.24, 2.45) is 0 Å². The molecule has 1 amide bonds. The van der Waals surface area contributed by atoms with E-state index in [1.54, 1.807) is 0 Å². The van der Waals surface area contributed by atoms with Gasteiger partial charge in [0.05, 0.1) is 13.2 Å². The Morgan fingerprint density at radius 1 is 1.35 bits per heavy atom. The van der Waals surface area contributed by atoms with E-state index >= 15 is 0 Å². The molecule has 1 atom stereocenters. The lowest BCUT2D eigenvalue weighted by Gasteiger charge is -2.22. The molecule has 17 heavy (non-hydrogen) atoms. The topological polar surface area (TPSA) is 84.9 Å². The molecule has 0 saturated heterocycles. The van der Waals surface area contributed by atoms with Gasteiger partial charge in [0.2, 0.25) is 3.79 Å². The maximum absolute atomic E-state index is 11.9. The zero-order chi connectivity index (χ0) is 13.7. The van der Waals surface area contributed by atoms with Gasteiger partial charge < -0.3 is 19.5 Å². The van der Waals surface area contributed by atoms with E-state index in [1.165, 1.54) is 13.8 Å². The number of hydrogen-bond donors (Lipinski definition) is 2. The Balaban J connectivity index is 4.71. The van der Waals surface area contributed by atoms with Gasteiger partial charge >= 0.3 is 13.2 Å². The third kappa shape index (κ3) is 5.75. The fourth-order valence-corrected chi connectivity index (χ4v) is 2.21. The molecule has 0 radical (unpaired) electrons. The Kier molecular flexibility index (Phi) is 7.33. The summed E-state index contributed by atoms with van der Waals surface area (Å²) in [5, 5.41) is 11.1. The first-order valence-electron chi connectivity index (χ1n) is 4.62. The van der Waals surface area contributed by atoms with Crippen molar-refractivity contribution in [3.05, 3.63) is 0 Å². The smallest absolute Gasteiger partial charge is 0.369 e. The van der Waals surface area contributed by atoms with Crippen LogP contribution in [0, 0.1) is 0 Å². The minimum atomic E-state index is -4.02. The molecule has 0 unspecified atom stereocenters. The summed E-state index contributed by atoms with van der Waals surface area (Å²) in [4.78, 5) is 11.5. The van der Waals surface area contributed by atoms with Crippen molar-refractivity contribution in [3.63, 3.8) is 0 Å². The van der Waals surface area contributed by atoms with Crippen molar-refractivity contribution in [2.45, 2.75) is 23.9 Å². The molecule has 0 aromatic carbocycles. The molecule has 0 aliphatic heterocycles. The highest BCUT2D eigenvalue weighted by molar-refractivity contribution is 7.71. The van der Waals surface area contributed by atoms with E-state index in [0.717, 1.165) is 0 Å². The average molecular weight is 329 g/mol. The highest BCUT2D eigenvalue weighted by Crippen LogP contribution is 2.49. The van der Waals surface area contributed by atoms with Crippen LogP contribution in [-0.4, -0.2) is 34.0 Å². The maximum Gasteiger partial charge on any atom is 0.418 e. The summed E-state index contributed by atoms with van der Waals surface area (Å²) >= 11 is 16.0. The number of rotatable bonds is 6. The normalized spacial score (nSPS) is 14.5. The quantitative estimate of drug-likeness (QED) is 0.445. The van der Waals surface area contributed by atoms with E-state index < -0.39 is 23.3 Å². The molecule has 0 fully saturated rings. The van der Waals surface area contributed by atoms with E-state index in [-0.39, 0.29) is 13.2 Å². The van der Waals surface area contributed by atoms with Gasteiger partial charge in [-0.2, -0.15) is 0 Å². The van der Waals surface area contributed by atoms with Crippen LogP contribution in [0.4, 0.5) is 4.79 Å². The van der Waals surface area contributed by atoms with Gasteiger partial charge in [-0.1, -0.05) is 34.8 Å². The van der Waals surface area contributed by atoms with Gasteiger partial charge in [0.1, 0.15) is 0 Å². The molecule has 0 aromatic heterocycles. The third-order valence-corrected chi connectivity index (χ3v) is 3.86. The minimum absolute atomic E-state index is 0.00540. The molecule has 10 heteroatoms. The monoisotopic (exact) mass is 327 g/mol. The second-order valence-corrected chi connectivity index (χ2v) is 7.01. The molecule has 0 rings (SSSR count). The van der Waals surface area contributed by atoms with Crippen molar-refractivity contribution < 1.29 is 23.5 Å². The Morgan fingerprint density at radius 2 is 1.76 bits per heavy atom. The Bertz CT molecular complexity index is 298. The summed E-state index contributed by atoms with van der Waals surface area (Å²) in [6.07, 6.45) is -1.82. The maximum atomic E-state index is 11.9. The molecule has 2 N–H and O–H groups in total. The lowest BCUT2D eigenvalue weighted by Crippen LogP contribution is -2.43. The number of carbonyl (C=O) groups excluding carboxylic acids is 1. The van der Waals surface area contributed by atoms with Crippen LogP contribution in [-0.2, 0) is 13.6 Å². The van der Waals surface area contributed by atoms with Crippen LogP contribution in [0.5, 0.6) is 0 Å². The van der Waals surface area contributed by atoms with Gasteiger partial charge in [-0.3, -0.25) is 4.79 Å². The highest BCUT2D eigenvalue weighted by atomic mass is 35.6. The second-order valence-electron chi connectivity index (χ2n) is 2.73. The molecule has 0 aromatic rings. The van der Waals surface area contributed by atoms with E-state index in [0.29, 0.717) is 0 Å². The van der Waals surface area contributed by atoms with Crippen molar-refractivity contribution in [1.29, 1.82) is 0 Å². The van der Waals surface area contributed by atoms with E-state index in [2.05, 4.69) is 0 Å². The Morgan fingerprint density at radius 3 is 2.06 bits per heavy atom. The van der Waals surface area contributed by atoms with Crippen LogP contribution in [0.25, 0.3) is 0 Å². The molecule has 0 aliphatic rings. The zero-order valence-electron chi connectivity index (χ0n) is 9.15. The fourth-order valence-electron chi connectivity index (χ4n) is 0.772. The molecule has 0 bridgehead atoms. The van der Waals surface area contributed by atoms with Crippen LogP contribution in [0.3, 0.4) is 0 Å². The first-order valence-corrected chi connectivity index (χ1v) is 7.30. The van der Waals surface area contributed by atoms with Crippen molar-refractivity contribution >= 4 is 48.0 Å². The third-order valence-electron chi connectivity index (χ3n) is 1.42. The lowest BCUT2D eigenvalue weighted by atomic mass is 10.6. The fraction of sp³-hybridized carbons (Fsp3) is 0.857. The summed E-state index contributed by atoms with van der Waals surface area (Å²) in [5.41, 5.74) is -1.17. The van der Waals surface area contributed by atoms with Crippen LogP contribution in [0.15, 0.2) is 0 Å². The number of alkyl halides is 3. The largest absolute Gasteiger partial charge is 0.418 e. The molecule has 0 saturated carbocycles. The lowest BCUT2D eigenvalue weighted by molar-refractivity contribution is 0.145. The van der Waals surface area contributed by atoms with Crippen LogP contribution < -0.4 is 5.32 Å². The number of carbonyl (C=O) groups is 1. The van der Waals surface area contributed by atoms with Gasteiger partial charge in [-0.05, 0) is 13.8 Å². The number of amides is 1. The summed E-state index contributed by atoms with van der Waals surface area (Å²) < 4.78 is 19.2. The number of aliphatic hydroxyl groups excluding tert-OH is 1. The van der Waals surface area contributed by atoms with Crippen LogP contribution >= 0.6 is 42.4 Å². The van der Waals surface area contributed by atoms with Crippen molar-refractivity contribution in [3.8, 4) is 0 Å². The Labute approximate surface area is 114 Å². The summed E-state index contributed by atoms with van der Waals surface area (Å²) in [5.74, 6) is 0. The first-order chi connectivity index (χ1) is 7.67. The van der Waals surface area contributed by atoms with E-state index in [4.69, 9.17) is 43.9 Å². The molecule has 0 aliphatic carbocycles. The predicted octanol–water partition coefficient (Wildman–Crippen LogP) is 2.65. The number of nitrogens with one attached hydrogen (secondary N) is 1. The second kappa shape index (κ2) is 7.14. The van der Waals surface area contributed by atoms with Crippen LogP contribution in [0.2, 0.25) is 0 Å². The van der Waals surface area contributed by atoms with Gasteiger partial charge in [0.25, 0.3) is 0 Å². The molecular formula is C7H13Cl3NO5P. The zero-order valence-corrected chi connectivity index (χ0v) is 12.3. The van der Waals surface area contributed by atoms with Crippen molar-refractivity contribution in [2.75, 3.05) is 13.2 Å². The first kappa shape index (κ1) is 17.4. The summed E-state index contributed by atoms with van der Waals surface area (Å²) in [6, 6.07) is 0. The molecular weight excluding hydrogens is 315 g/mol.